The van der Waals surface area contributed by atoms with Gasteiger partial charge in [-0.3, -0.25) is 0 Å². The van der Waals surface area contributed by atoms with Crippen molar-refractivity contribution in [2.45, 2.75) is 51.5 Å². The number of anilines is 3. The third kappa shape index (κ3) is 3.72. The van der Waals surface area contributed by atoms with Crippen molar-refractivity contribution in [1.82, 2.24) is 15.0 Å². The number of nitrogens with one attached hydrogen (secondary N) is 2. The number of nitrogens with two attached hydrogens (primary N) is 1. The average molecular weight is 250 g/mol. The fraction of sp³-hybridized carbons (Fsp3) is 0.750. The first kappa shape index (κ1) is 12.9. The lowest BCUT2D eigenvalue weighted by atomic mass is 9.96. The van der Waals surface area contributed by atoms with Gasteiger partial charge in [0.05, 0.1) is 0 Å². The smallest absolute Gasteiger partial charge is 0.229 e. The van der Waals surface area contributed by atoms with Gasteiger partial charge in [0, 0.05) is 12.6 Å². The molecule has 1 fully saturated rings. The molecule has 1 aromatic heterocycles. The molecule has 0 saturated heterocycles. The lowest BCUT2D eigenvalue weighted by Crippen LogP contribution is -2.24. The molecular formula is C12H22N6. The molecule has 1 saturated carbocycles. The van der Waals surface area contributed by atoms with Crippen molar-refractivity contribution in [3.63, 3.8) is 0 Å². The summed E-state index contributed by atoms with van der Waals surface area (Å²) in [6.07, 6.45) is 7.28. The zero-order valence-corrected chi connectivity index (χ0v) is 10.9. The van der Waals surface area contributed by atoms with E-state index in [9.17, 15) is 0 Å². The topological polar surface area (TPSA) is 88.8 Å². The Labute approximate surface area is 108 Å². The molecule has 0 aliphatic heterocycles. The van der Waals surface area contributed by atoms with E-state index in [-0.39, 0.29) is 5.95 Å². The predicted octanol–water partition coefficient (Wildman–Crippen LogP) is 2.02. The molecule has 0 atom stereocenters. The first-order valence-corrected chi connectivity index (χ1v) is 6.80. The third-order valence-corrected chi connectivity index (χ3v) is 3.12. The average Bonchev–Trinajstić information content (AvgIpc) is 2.37. The van der Waals surface area contributed by atoms with E-state index < -0.39 is 0 Å². The summed E-state index contributed by atoms with van der Waals surface area (Å²) in [5.74, 6) is 1.41. The summed E-state index contributed by atoms with van der Waals surface area (Å²) in [7, 11) is 0. The Kier molecular flexibility index (Phi) is 4.55. The lowest BCUT2D eigenvalue weighted by Gasteiger charge is -2.22. The standard InChI is InChI=1S/C12H22N6/c1-2-8-14-11-16-10(13)17-12(18-11)15-9-6-4-3-5-7-9/h9H,2-8H2,1H3,(H4,13,14,15,16,17,18). The minimum atomic E-state index is 0.266. The van der Waals surface area contributed by atoms with Crippen LogP contribution in [0.4, 0.5) is 17.8 Å². The summed E-state index contributed by atoms with van der Waals surface area (Å²) in [6.45, 7) is 2.94. The van der Waals surface area contributed by atoms with E-state index >= 15 is 0 Å². The largest absolute Gasteiger partial charge is 0.368 e. The molecule has 2 rings (SSSR count). The first-order chi connectivity index (χ1) is 8.78. The Morgan fingerprint density at radius 2 is 1.83 bits per heavy atom. The fourth-order valence-corrected chi connectivity index (χ4v) is 2.20. The van der Waals surface area contributed by atoms with Crippen LogP contribution in [-0.2, 0) is 0 Å². The van der Waals surface area contributed by atoms with Gasteiger partial charge in [-0.05, 0) is 19.3 Å². The van der Waals surface area contributed by atoms with Gasteiger partial charge in [0.25, 0.3) is 0 Å². The van der Waals surface area contributed by atoms with Crippen LogP contribution in [0.5, 0.6) is 0 Å². The third-order valence-electron chi connectivity index (χ3n) is 3.12. The second-order valence-corrected chi connectivity index (χ2v) is 4.75. The molecule has 6 nitrogen and oxygen atoms in total. The Bertz CT molecular complexity index is 375. The molecule has 0 bridgehead atoms. The fourth-order valence-electron chi connectivity index (χ4n) is 2.20. The number of nitrogens with zero attached hydrogens (tertiary/aromatic N) is 3. The van der Waals surface area contributed by atoms with E-state index in [4.69, 9.17) is 5.73 Å². The van der Waals surface area contributed by atoms with Crippen molar-refractivity contribution < 1.29 is 0 Å². The van der Waals surface area contributed by atoms with E-state index in [1.165, 1.54) is 32.1 Å². The predicted molar refractivity (Wildman–Crippen MR) is 73.5 cm³/mol. The zero-order chi connectivity index (χ0) is 12.8. The van der Waals surface area contributed by atoms with E-state index in [0.29, 0.717) is 17.9 Å². The lowest BCUT2D eigenvalue weighted by molar-refractivity contribution is 0.461. The number of nitrogen functional groups attached to an aromatic ring is 1. The second kappa shape index (κ2) is 6.37. The van der Waals surface area contributed by atoms with Crippen LogP contribution in [-0.4, -0.2) is 27.5 Å². The van der Waals surface area contributed by atoms with Crippen LogP contribution in [0.3, 0.4) is 0 Å². The van der Waals surface area contributed by atoms with Gasteiger partial charge in [-0.2, -0.15) is 15.0 Å². The van der Waals surface area contributed by atoms with Crippen LogP contribution in [0.2, 0.25) is 0 Å². The quantitative estimate of drug-likeness (QED) is 0.741. The van der Waals surface area contributed by atoms with E-state index in [1.54, 1.807) is 0 Å². The highest BCUT2D eigenvalue weighted by molar-refractivity contribution is 5.40. The van der Waals surface area contributed by atoms with Crippen molar-refractivity contribution in [2.75, 3.05) is 22.9 Å². The molecule has 1 aliphatic carbocycles. The molecule has 0 aromatic carbocycles. The summed E-state index contributed by atoms with van der Waals surface area (Å²) < 4.78 is 0. The van der Waals surface area contributed by atoms with Crippen molar-refractivity contribution in [1.29, 1.82) is 0 Å². The van der Waals surface area contributed by atoms with Gasteiger partial charge in [-0.15, -0.1) is 0 Å². The van der Waals surface area contributed by atoms with Crippen molar-refractivity contribution >= 4 is 17.8 Å². The first-order valence-electron chi connectivity index (χ1n) is 6.80. The van der Waals surface area contributed by atoms with Gasteiger partial charge in [0.1, 0.15) is 0 Å². The molecule has 100 valence electrons. The Morgan fingerprint density at radius 3 is 2.56 bits per heavy atom. The second-order valence-electron chi connectivity index (χ2n) is 4.75. The Hall–Kier alpha value is -1.59. The van der Waals surface area contributed by atoms with Crippen molar-refractivity contribution in [2.24, 2.45) is 0 Å². The van der Waals surface area contributed by atoms with Crippen molar-refractivity contribution in [3.05, 3.63) is 0 Å². The highest BCUT2D eigenvalue weighted by Gasteiger charge is 2.14. The molecule has 1 heterocycles. The highest BCUT2D eigenvalue weighted by Crippen LogP contribution is 2.20. The summed E-state index contributed by atoms with van der Waals surface area (Å²) in [5, 5.41) is 6.49. The summed E-state index contributed by atoms with van der Waals surface area (Å²) >= 11 is 0. The van der Waals surface area contributed by atoms with Gasteiger partial charge < -0.3 is 16.4 Å². The number of hydrogen-bond acceptors (Lipinski definition) is 6. The van der Waals surface area contributed by atoms with Crippen LogP contribution in [0, 0.1) is 0 Å². The molecular weight excluding hydrogens is 228 g/mol. The maximum Gasteiger partial charge on any atom is 0.229 e. The van der Waals surface area contributed by atoms with Crippen LogP contribution in [0.25, 0.3) is 0 Å². The molecule has 6 heteroatoms. The minimum absolute atomic E-state index is 0.266. The normalized spacial score (nSPS) is 16.5. The maximum atomic E-state index is 5.69. The van der Waals surface area contributed by atoms with Crippen molar-refractivity contribution in [3.8, 4) is 0 Å². The molecule has 0 amide bonds. The highest BCUT2D eigenvalue weighted by atomic mass is 15.2. The summed E-state index contributed by atoms with van der Waals surface area (Å²) in [5.41, 5.74) is 5.69. The molecule has 0 spiro atoms. The van der Waals surface area contributed by atoms with E-state index in [1.807, 2.05) is 0 Å². The van der Waals surface area contributed by atoms with Gasteiger partial charge in [0.2, 0.25) is 17.8 Å². The van der Waals surface area contributed by atoms with Crippen LogP contribution >= 0.6 is 0 Å². The van der Waals surface area contributed by atoms with Gasteiger partial charge in [0.15, 0.2) is 0 Å². The monoisotopic (exact) mass is 250 g/mol. The Morgan fingerprint density at radius 1 is 1.11 bits per heavy atom. The summed E-state index contributed by atoms with van der Waals surface area (Å²) in [4.78, 5) is 12.6. The van der Waals surface area contributed by atoms with Gasteiger partial charge in [-0.25, -0.2) is 0 Å². The summed E-state index contributed by atoms with van der Waals surface area (Å²) in [6, 6.07) is 0.472. The maximum absolute atomic E-state index is 5.69. The Balaban J connectivity index is 1.99. The molecule has 1 aliphatic rings. The minimum Gasteiger partial charge on any atom is -0.368 e. The van der Waals surface area contributed by atoms with Crippen LogP contribution < -0.4 is 16.4 Å². The van der Waals surface area contributed by atoms with E-state index in [0.717, 1.165) is 13.0 Å². The molecule has 18 heavy (non-hydrogen) atoms. The van der Waals surface area contributed by atoms with Gasteiger partial charge in [-0.1, -0.05) is 26.2 Å². The molecule has 0 radical (unpaired) electrons. The van der Waals surface area contributed by atoms with Gasteiger partial charge >= 0.3 is 0 Å². The molecule has 1 aromatic rings. The van der Waals surface area contributed by atoms with Crippen LogP contribution in [0.1, 0.15) is 45.4 Å². The zero-order valence-electron chi connectivity index (χ0n) is 10.9. The number of hydrogen-bond donors (Lipinski definition) is 3. The number of aromatic nitrogens is 3. The SMILES string of the molecule is CCCNc1nc(N)nc(NC2CCCCC2)n1. The molecule has 4 N–H and O–H groups in total. The molecule has 0 unspecified atom stereocenters. The number of rotatable bonds is 5. The van der Waals surface area contributed by atoms with E-state index in [2.05, 4.69) is 32.5 Å². The van der Waals surface area contributed by atoms with Crippen LogP contribution in [0.15, 0.2) is 0 Å².